The zero-order chi connectivity index (χ0) is 94.3. The molecule has 0 radical (unpaired) electrons. The van der Waals surface area contributed by atoms with E-state index in [1.807, 2.05) is 172 Å². The first kappa shape index (κ1) is 95.1. The van der Waals surface area contributed by atoms with Crippen molar-refractivity contribution in [2.45, 2.75) is 231 Å². The van der Waals surface area contributed by atoms with E-state index in [9.17, 15) is 36.3 Å². The number of benzene rings is 3. The number of rotatable bonds is 20. The first-order valence-corrected chi connectivity index (χ1v) is 47.4. The Labute approximate surface area is 781 Å². The van der Waals surface area contributed by atoms with Crippen LogP contribution in [0.1, 0.15) is 210 Å². The van der Waals surface area contributed by atoms with E-state index in [1.54, 1.807) is 52.9 Å². The normalized spacial score (nSPS) is 21.3. The summed E-state index contributed by atoms with van der Waals surface area (Å²) in [6.45, 7) is 12.0. The third kappa shape index (κ3) is 22.0. The Balaban J connectivity index is 0.000000128. The zero-order valence-electron chi connectivity index (χ0n) is 77.7. The molecule has 13 heterocycles. The van der Waals surface area contributed by atoms with Crippen molar-refractivity contribution in [3.63, 3.8) is 0 Å². The largest absolute Gasteiger partial charge is 0.462 e. The minimum atomic E-state index is -0.931. The molecule has 26 nitrogen and oxygen atoms in total. The molecule has 22 rings (SSSR count). The van der Waals surface area contributed by atoms with Gasteiger partial charge in [-0.2, -0.15) is 28.8 Å². The molecule has 15 aromatic rings. The van der Waals surface area contributed by atoms with E-state index in [0.29, 0.717) is 114 Å². The predicted octanol–water partition coefficient (Wildman–Crippen LogP) is 21.4. The maximum absolute atomic E-state index is 14.8. The van der Waals surface area contributed by atoms with Crippen molar-refractivity contribution in [3.8, 4) is 33.8 Å². The standard InChI is InChI=1S/2C29H29FN6O2.C24H22N6O2.2C6H11F.C5H9FO.C5H8O/c2*1-3-38-29(37)21-16-32-36-26(34(2)17-19-9-5-4-6-10-19)15-24(33-28(21)36)22-18-35(25-13-7-12-23(25)30)27-20(22)11-8-14-31-27;1-3-32-24(31)19-14-27-30-21(29(2)15-16-8-5-4-6-9-16)12-20(28-23(19)30)18-13-26-22-17(18)10-7-11-25-22;2*1-5-3-2-4-6(5)7;6-4-2-1-3-5(4)7;1-2-4-5(3-1)6-4/h2*4-6,8-11,14-16,18,23,25H,3,7,12-13,17H2,1-2H3;4-14H,3,15H2,1-2H3,(H,25,26);2*5-6H,2-4H2,1H3;4-5,7H,1-3H2;4-5H,1-3H2/t2*23-,25?;;2*5-,6-;4-,5-;/m11.000./s1. The number of aliphatic hydroxyl groups excluding tert-OH is 1. The molecule has 6 saturated carbocycles. The van der Waals surface area contributed by atoms with E-state index in [1.165, 1.54) is 37.9 Å². The van der Waals surface area contributed by atoms with Crippen LogP contribution < -0.4 is 14.7 Å². The van der Waals surface area contributed by atoms with Gasteiger partial charge in [-0.1, -0.05) is 118 Å². The summed E-state index contributed by atoms with van der Waals surface area (Å²) in [5, 5.41) is 24.8. The molecular formula is C104H119F5N18O8. The number of anilines is 3. The summed E-state index contributed by atoms with van der Waals surface area (Å²) in [5.74, 6) is 1.64. The number of carbonyl (C=O) groups excluding carboxylic acids is 3. The molecule has 1 aliphatic heterocycles. The number of esters is 3. The van der Waals surface area contributed by atoms with Crippen molar-refractivity contribution in [1.29, 1.82) is 0 Å². The molecule has 0 amide bonds. The first-order valence-electron chi connectivity index (χ1n) is 47.4. The Bertz CT molecular complexity index is 6190. The molecule has 708 valence electrons. The fourth-order valence-corrected chi connectivity index (χ4v) is 18.9. The number of nitrogens with one attached hydrogen (secondary N) is 1. The Morgan fingerprint density at radius 3 is 1.07 bits per heavy atom. The van der Waals surface area contributed by atoms with Gasteiger partial charge in [0, 0.05) is 129 Å². The molecule has 0 bridgehead atoms. The fraction of sp³-hybridized carbons (Fsp3) is 0.423. The number of pyridine rings is 3. The Kier molecular flexibility index (Phi) is 31.0. The molecule has 6 aliphatic carbocycles. The summed E-state index contributed by atoms with van der Waals surface area (Å²) in [6.07, 6.45) is 29.1. The van der Waals surface area contributed by atoms with Crippen molar-refractivity contribution < 1.29 is 60.4 Å². The number of aromatic nitrogens is 15. The van der Waals surface area contributed by atoms with E-state index < -0.39 is 54.9 Å². The van der Waals surface area contributed by atoms with Crippen LogP contribution in [0, 0.1) is 11.8 Å². The number of epoxide rings is 1. The number of halogens is 5. The summed E-state index contributed by atoms with van der Waals surface area (Å²) in [6, 6.07) is 47.5. The molecule has 1 saturated heterocycles. The SMILES string of the molecule is C1CC2OC2C1.CCOC(=O)c1cnn2c(N(C)Cc3ccccc3)cc(-c3c[nH]c4ncccc34)nc12.CCOC(=O)c1cnn2c(N(C)Cc3ccccc3)cc(-c3cn(C4CCC[C@H]4F)c4ncccc34)nc12.CCOC(=O)c1cnn2c(N(C)Cc3ccccc3)cc(-c3cn(C4CCC[C@H]4F)c4ncccc34)nc12.C[C@H]1CCC[C@@H]1F.C[C@H]1CCC[C@@H]1F.O[C@H]1CCC[C@@H]1F. The molecule has 7 aliphatic rings. The summed E-state index contributed by atoms with van der Waals surface area (Å²) >= 11 is 0. The lowest BCUT2D eigenvalue weighted by Gasteiger charge is -2.21. The minimum Gasteiger partial charge on any atom is -0.462 e. The van der Waals surface area contributed by atoms with Gasteiger partial charge in [0.2, 0.25) is 0 Å². The Hall–Kier alpha value is -13.0. The molecule has 2 N–H and O–H groups in total. The van der Waals surface area contributed by atoms with Crippen molar-refractivity contribution >= 4 is 85.4 Å². The number of aliphatic hydroxyl groups is 1. The lowest BCUT2D eigenvalue weighted by Crippen LogP contribution is -2.20. The monoisotopic (exact) mass is 1840 g/mol. The lowest BCUT2D eigenvalue weighted by molar-refractivity contribution is 0.0518. The molecule has 12 atom stereocenters. The van der Waals surface area contributed by atoms with E-state index >= 15 is 0 Å². The van der Waals surface area contributed by atoms with Crippen LogP contribution in [-0.4, -0.2) is 186 Å². The molecule has 12 aromatic heterocycles. The summed E-state index contributed by atoms with van der Waals surface area (Å²) in [5.41, 5.74) is 12.5. The van der Waals surface area contributed by atoms with Crippen molar-refractivity contribution in [3.05, 3.63) is 235 Å². The average molecular weight is 1840 g/mol. The topological polar surface area (TPSA) is 276 Å². The quantitative estimate of drug-likeness (QED) is 0.0310. The molecular weight excluding hydrogens is 1720 g/mol. The van der Waals surface area contributed by atoms with Gasteiger partial charge in [0.25, 0.3) is 0 Å². The molecule has 0 spiro atoms. The van der Waals surface area contributed by atoms with Gasteiger partial charge in [-0.3, -0.25) is 0 Å². The highest BCUT2D eigenvalue weighted by molar-refractivity contribution is 6.01. The Morgan fingerprint density at radius 1 is 0.415 bits per heavy atom. The molecule has 4 unspecified atom stereocenters. The second-order valence-corrected chi connectivity index (χ2v) is 35.9. The van der Waals surface area contributed by atoms with E-state index in [4.69, 9.17) is 39.0 Å². The lowest BCUT2D eigenvalue weighted by atomic mass is 10.1. The molecule has 31 heteroatoms. The highest BCUT2D eigenvalue weighted by atomic mass is 19.2. The third-order valence-corrected chi connectivity index (χ3v) is 26.3. The highest BCUT2D eigenvalue weighted by Gasteiger charge is 2.43. The van der Waals surface area contributed by atoms with Gasteiger partial charge in [0.15, 0.2) is 16.9 Å². The number of fused-ring (bicyclic) bond motifs is 7. The number of alkyl halides is 5. The van der Waals surface area contributed by atoms with Gasteiger partial charge in [-0.05, 0) is 188 Å². The number of H-pyrrole nitrogens is 1. The van der Waals surface area contributed by atoms with E-state index in [-0.39, 0.29) is 31.9 Å². The highest BCUT2D eigenvalue weighted by Crippen LogP contribution is 2.44. The average Bonchev–Trinajstić information content (AvgIpc) is 1.60. The minimum absolute atomic E-state index is 0.252. The Morgan fingerprint density at radius 2 is 0.763 bits per heavy atom. The smallest absolute Gasteiger partial charge is 0.343 e. The van der Waals surface area contributed by atoms with Crippen LogP contribution in [0.15, 0.2) is 201 Å². The summed E-state index contributed by atoms with van der Waals surface area (Å²) < 4.78 is 96.3. The number of carbonyl (C=O) groups is 3. The van der Waals surface area contributed by atoms with Crippen molar-refractivity contribution in [1.82, 2.24) is 72.9 Å². The third-order valence-electron chi connectivity index (χ3n) is 26.3. The van der Waals surface area contributed by atoms with Crippen LogP contribution in [0.5, 0.6) is 0 Å². The second kappa shape index (κ2) is 44.0. The van der Waals surface area contributed by atoms with Gasteiger partial charge in [-0.25, -0.2) is 66.2 Å². The maximum atomic E-state index is 14.8. The number of aromatic amines is 1. The predicted molar refractivity (Wildman–Crippen MR) is 514 cm³/mol. The van der Waals surface area contributed by atoms with Crippen LogP contribution in [0.25, 0.3) is 83.8 Å². The number of hydrogen-bond donors (Lipinski definition) is 2. The number of nitrogens with zero attached hydrogens (tertiary/aromatic N) is 17. The van der Waals surface area contributed by atoms with Gasteiger partial charge < -0.3 is 52.9 Å². The van der Waals surface area contributed by atoms with Crippen LogP contribution >= 0.6 is 0 Å². The van der Waals surface area contributed by atoms with Gasteiger partial charge in [-0.15, -0.1) is 0 Å². The van der Waals surface area contributed by atoms with E-state index in [2.05, 4.69) is 86.3 Å². The maximum Gasteiger partial charge on any atom is 0.343 e. The molecule has 7 fully saturated rings. The number of ether oxygens (including phenoxy) is 4. The fourth-order valence-electron chi connectivity index (χ4n) is 18.9. The molecule has 3 aromatic carbocycles. The van der Waals surface area contributed by atoms with Crippen LogP contribution in [0.3, 0.4) is 0 Å². The summed E-state index contributed by atoms with van der Waals surface area (Å²) in [7, 11) is 5.96. The van der Waals surface area contributed by atoms with Crippen LogP contribution in [0.2, 0.25) is 0 Å². The van der Waals surface area contributed by atoms with Gasteiger partial charge in [0.1, 0.15) is 81.9 Å². The molecule has 135 heavy (non-hydrogen) atoms. The van der Waals surface area contributed by atoms with Gasteiger partial charge in [0.05, 0.1) is 85.9 Å². The van der Waals surface area contributed by atoms with E-state index in [0.717, 1.165) is 160 Å². The number of hydrogen-bond acceptors (Lipinski definition) is 20. The van der Waals surface area contributed by atoms with Crippen molar-refractivity contribution in [2.75, 3.05) is 55.7 Å². The zero-order valence-corrected chi connectivity index (χ0v) is 77.7. The first-order chi connectivity index (χ1) is 65.6. The summed E-state index contributed by atoms with van der Waals surface area (Å²) in [4.78, 5) is 75.8. The van der Waals surface area contributed by atoms with Gasteiger partial charge >= 0.3 is 17.9 Å². The second-order valence-electron chi connectivity index (χ2n) is 35.9. The van der Waals surface area contributed by atoms with Crippen molar-refractivity contribution in [2.24, 2.45) is 11.8 Å². The van der Waals surface area contributed by atoms with Crippen LogP contribution in [0.4, 0.5) is 39.4 Å². The van der Waals surface area contributed by atoms with Crippen LogP contribution in [-0.2, 0) is 38.6 Å².